The Labute approximate surface area is 230 Å². The maximum atomic E-state index is 15.5. The maximum Gasteiger partial charge on any atom is 0.459 e. The predicted octanol–water partition coefficient (Wildman–Crippen LogP) is 1.99. The Balaban J connectivity index is 1.57. The molecule has 0 bridgehead atoms. The van der Waals surface area contributed by atoms with Gasteiger partial charge in [0.1, 0.15) is 23.5 Å². The Kier molecular flexibility index (Phi) is 8.61. The Morgan fingerprint density at radius 1 is 1.32 bits per heavy atom. The zero-order valence-corrected chi connectivity index (χ0v) is 23.6. The summed E-state index contributed by atoms with van der Waals surface area (Å²) < 4.78 is 53.1. The van der Waals surface area contributed by atoms with Crippen LogP contribution in [0.4, 0.5) is 16.2 Å². The molecule has 40 heavy (non-hydrogen) atoms. The second-order valence-electron chi connectivity index (χ2n) is 9.78. The molecule has 1 aliphatic rings. The molecule has 2 aromatic heterocycles. The van der Waals surface area contributed by atoms with E-state index in [1.807, 2.05) is 0 Å². The summed E-state index contributed by atoms with van der Waals surface area (Å²) in [6.45, 7) is 5.62. The van der Waals surface area contributed by atoms with Gasteiger partial charge in [-0.15, -0.1) is 0 Å². The number of carbonyl (C=O) groups excluding carboxylic acids is 1. The fourth-order valence-corrected chi connectivity index (χ4v) is 5.72. The number of aromatic nitrogens is 4. The molecule has 1 fully saturated rings. The molecule has 218 valence electrons. The predicted molar refractivity (Wildman–Crippen MR) is 142 cm³/mol. The number of anilines is 2. The monoisotopic (exact) mass is 582 g/mol. The van der Waals surface area contributed by atoms with Gasteiger partial charge in [0.15, 0.2) is 18.3 Å². The highest BCUT2D eigenvalue weighted by Crippen LogP contribution is 2.47. The number of alkyl halides is 1. The van der Waals surface area contributed by atoms with E-state index in [0.717, 1.165) is 0 Å². The molecule has 1 aromatic carbocycles. The number of nitrogens with one attached hydrogen (secondary N) is 3. The maximum absolute atomic E-state index is 15.5. The lowest BCUT2D eigenvalue weighted by Crippen LogP contribution is -2.44. The zero-order chi connectivity index (χ0) is 29.2. The van der Waals surface area contributed by atoms with Gasteiger partial charge in [0, 0.05) is 7.05 Å². The number of nitrogens with two attached hydrogens (primary N) is 1. The first-order valence-electron chi connectivity index (χ1n) is 12.6. The van der Waals surface area contributed by atoms with Crippen LogP contribution in [-0.2, 0) is 23.4 Å². The number of nitrogen functional groups attached to an aromatic ring is 1. The van der Waals surface area contributed by atoms with Crippen LogP contribution in [0.2, 0.25) is 0 Å². The number of hydrogen-bond acceptors (Lipinski definition) is 11. The van der Waals surface area contributed by atoms with Crippen molar-refractivity contribution in [1.82, 2.24) is 20.0 Å². The van der Waals surface area contributed by atoms with Gasteiger partial charge in [-0.05, 0) is 39.8 Å². The summed E-state index contributed by atoms with van der Waals surface area (Å²) in [5, 5.41) is 16.3. The van der Waals surface area contributed by atoms with Crippen LogP contribution < -0.4 is 25.2 Å². The number of imidazole rings is 1. The van der Waals surface area contributed by atoms with Crippen molar-refractivity contribution in [3.8, 4) is 5.75 Å². The van der Waals surface area contributed by atoms with Gasteiger partial charge in [0.25, 0.3) is 5.95 Å². The van der Waals surface area contributed by atoms with Gasteiger partial charge >= 0.3 is 19.4 Å². The van der Waals surface area contributed by atoms with Crippen molar-refractivity contribution in [3.63, 3.8) is 0 Å². The van der Waals surface area contributed by atoms with Crippen molar-refractivity contribution in [2.45, 2.75) is 63.9 Å². The highest BCUT2D eigenvalue weighted by atomic mass is 31.2. The molecule has 4 rings (SSSR count). The average Bonchev–Trinajstić information content (AvgIpc) is 3.41. The van der Waals surface area contributed by atoms with Crippen molar-refractivity contribution in [3.05, 3.63) is 36.7 Å². The fourth-order valence-electron chi connectivity index (χ4n) is 4.14. The average molecular weight is 583 g/mol. The Morgan fingerprint density at radius 3 is 2.67 bits per heavy atom. The van der Waals surface area contributed by atoms with E-state index < -0.39 is 56.6 Å². The van der Waals surface area contributed by atoms with E-state index in [4.69, 9.17) is 24.3 Å². The van der Waals surface area contributed by atoms with E-state index in [2.05, 4.69) is 25.4 Å². The zero-order valence-electron chi connectivity index (χ0n) is 22.7. The third-order valence-corrected chi connectivity index (χ3v) is 7.77. The van der Waals surface area contributed by atoms with E-state index in [9.17, 15) is 14.5 Å². The summed E-state index contributed by atoms with van der Waals surface area (Å²) >= 11 is 0. The first-order valence-corrected chi connectivity index (χ1v) is 14.1. The number of carbonyl (C=O) groups is 1. The van der Waals surface area contributed by atoms with Gasteiger partial charge in [-0.25, -0.2) is 13.5 Å². The number of H-pyrrole nitrogens is 1. The Bertz CT molecular complexity index is 1390. The molecule has 0 saturated carbocycles. The molecular formula is C24H34FN7O7P+. The summed E-state index contributed by atoms with van der Waals surface area (Å²) in [5.41, 5.74) is 4.80. The standard InChI is InChI=1S/C24H33FN7O7P/c1-13(2)37-22(34)14(3)31-40(35,39-15-9-7-6-8-10-15)36-11-24(4)18(33)16(25)21(38-24)32-12-28-17-19(27-5)29-23(26)30-20(17)32/h6-10,12-14,16,18,21,33H,11H2,1-5H3,(H4,26,27,29,30,31,35)/p+1. The minimum atomic E-state index is -4.29. The van der Waals surface area contributed by atoms with E-state index in [0.29, 0.717) is 11.3 Å². The molecule has 0 amide bonds. The van der Waals surface area contributed by atoms with E-state index in [-0.39, 0.29) is 17.3 Å². The van der Waals surface area contributed by atoms with Crippen LogP contribution in [0.25, 0.3) is 11.2 Å². The van der Waals surface area contributed by atoms with E-state index >= 15 is 4.39 Å². The smallest absolute Gasteiger partial charge is 0.459 e. The lowest BCUT2D eigenvalue weighted by atomic mass is 9.99. The van der Waals surface area contributed by atoms with E-state index in [1.165, 1.54) is 24.7 Å². The van der Waals surface area contributed by atoms with Gasteiger partial charge in [-0.2, -0.15) is 10.1 Å². The number of ether oxygens (including phenoxy) is 2. The second-order valence-corrected chi connectivity index (χ2v) is 11.5. The highest BCUT2D eigenvalue weighted by Gasteiger charge is 2.56. The van der Waals surface area contributed by atoms with Crippen molar-refractivity contribution in [2.75, 3.05) is 24.7 Å². The number of fused-ring (bicyclic) bond motifs is 1. The molecule has 0 aliphatic carbocycles. The van der Waals surface area contributed by atoms with Crippen LogP contribution in [0.1, 0.15) is 33.9 Å². The summed E-state index contributed by atoms with van der Waals surface area (Å²) in [6, 6.07) is 7.06. The van der Waals surface area contributed by atoms with Gasteiger partial charge in [-0.1, -0.05) is 23.2 Å². The number of benzene rings is 1. The van der Waals surface area contributed by atoms with Crippen molar-refractivity contribution >= 4 is 36.6 Å². The molecule has 6 atom stereocenters. The molecule has 16 heteroatoms. The largest absolute Gasteiger partial charge is 0.462 e. The third-order valence-electron chi connectivity index (χ3n) is 6.15. The summed E-state index contributed by atoms with van der Waals surface area (Å²) in [5.74, 6) is -0.161. The molecule has 6 unspecified atom stereocenters. The normalized spacial score (nSPS) is 25.1. The van der Waals surface area contributed by atoms with Gasteiger partial charge in [-0.3, -0.25) is 14.3 Å². The van der Waals surface area contributed by atoms with Gasteiger partial charge in [0.05, 0.1) is 12.7 Å². The van der Waals surface area contributed by atoms with Crippen LogP contribution in [0.15, 0.2) is 36.7 Å². The topological polar surface area (TPSA) is 187 Å². The lowest BCUT2D eigenvalue weighted by molar-refractivity contribution is -0.745. The van der Waals surface area contributed by atoms with Crippen molar-refractivity contribution < 1.29 is 41.9 Å². The van der Waals surface area contributed by atoms with Crippen LogP contribution in [-0.4, -0.2) is 69.7 Å². The fraction of sp³-hybridized carbons (Fsp3) is 0.500. The quantitative estimate of drug-likeness (QED) is 0.126. The molecule has 14 nitrogen and oxygen atoms in total. The molecule has 0 radical (unpaired) electrons. The van der Waals surface area contributed by atoms with Crippen LogP contribution >= 0.6 is 7.75 Å². The number of esters is 1. The SMILES string of the molecule is CNc1nc(N)nc2c1[nH]c[n+]2C1OC(C)(COP(=O)(NC(C)C(=O)OC(C)C)Oc2ccccc2)C(O)C1F. The Hall–Kier alpha value is -3.36. The number of rotatable bonds is 11. The number of aliphatic hydroxyl groups is 1. The lowest BCUT2D eigenvalue weighted by Gasteiger charge is -2.30. The van der Waals surface area contributed by atoms with Crippen LogP contribution in [0.5, 0.6) is 5.75 Å². The summed E-state index contributed by atoms with van der Waals surface area (Å²) in [4.78, 5) is 23.6. The molecule has 1 saturated heterocycles. The molecule has 0 spiro atoms. The summed E-state index contributed by atoms with van der Waals surface area (Å²) in [6.07, 6.45) is -3.97. The minimum Gasteiger partial charge on any atom is -0.462 e. The number of para-hydroxylation sites is 1. The van der Waals surface area contributed by atoms with Crippen LogP contribution in [0, 0.1) is 0 Å². The molecule has 1 aliphatic heterocycles. The Morgan fingerprint density at radius 2 is 2.02 bits per heavy atom. The minimum absolute atomic E-state index is 0.0552. The number of nitrogens with zero attached hydrogens (tertiary/aromatic N) is 3. The summed E-state index contributed by atoms with van der Waals surface area (Å²) in [7, 11) is -2.65. The number of hydrogen-bond donors (Lipinski definition) is 5. The van der Waals surface area contributed by atoms with Crippen molar-refractivity contribution in [1.29, 1.82) is 0 Å². The van der Waals surface area contributed by atoms with E-state index in [1.54, 1.807) is 51.2 Å². The number of aliphatic hydroxyl groups excluding tert-OH is 1. The molecule has 3 aromatic rings. The van der Waals surface area contributed by atoms with Crippen molar-refractivity contribution in [2.24, 2.45) is 0 Å². The first kappa shape index (κ1) is 29.6. The number of aromatic amines is 1. The first-order chi connectivity index (χ1) is 18.9. The van der Waals surface area contributed by atoms with Gasteiger partial charge < -0.3 is 30.2 Å². The third kappa shape index (κ3) is 6.18. The number of halogens is 1. The molecule has 3 heterocycles. The highest BCUT2D eigenvalue weighted by molar-refractivity contribution is 7.52. The molecule has 6 N–H and O–H groups in total. The molecular weight excluding hydrogens is 548 g/mol. The van der Waals surface area contributed by atoms with Gasteiger partial charge in [0.2, 0.25) is 11.7 Å². The second kappa shape index (κ2) is 11.6. The van der Waals surface area contributed by atoms with Crippen LogP contribution in [0.3, 0.4) is 0 Å².